The zero-order valence-electron chi connectivity index (χ0n) is 13.7. The molecule has 2 heterocycles. The third-order valence-electron chi connectivity index (χ3n) is 4.19. The Balaban J connectivity index is 1.66. The predicted octanol–water partition coefficient (Wildman–Crippen LogP) is 4.57. The van der Waals surface area contributed by atoms with Crippen molar-refractivity contribution in [3.8, 4) is 17.2 Å². The van der Waals surface area contributed by atoms with Crippen molar-refractivity contribution < 1.29 is 9.47 Å². The summed E-state index contributed by atoms with van der Waals surface area (Å²) in [6, 6.07) is 18.2. The van der Waals surface area contributed by atoms with E-state index in [9.17, 15) is 0 Å². The van der Waals surface area contributed by atoms with E-state index in [-0.39, 0.29) is 6.79 Å². The Labute approximate surface area is 141 Å². The fourth-order valence-corrected chi connectivity index (χ4v) is 3.00. The van der Waals surface area contributed by atoms with Crippen LogP contribution in [0.1, 0.15) is 17.0 Å². The number of para-hydroxylation sites is 1. The first-order valence-corrected chi connectivity index (χ1v) is 7.90. The van der Waals surface area contributed by atoms with Crippen LogP contribution in [-0.4, -0.2) is 17.6 Å². The molecule has 0 N–H and O–H groups in total. The number of aliphatic imine (C=N–C) groups is 1. The van der Waals surface area contributed by atoms with E-state index in [0.717, 1.165) is 28.4 Å². The van der Waals surface area contributed by atoms with Crippen LogP contribution >= 0.6 is 0 Å². The average molecular weight is 318 g/mol. The van der Waals surface area contributed by atoms with Crippen LogP contribution in [0.25, 0.3) is 5.69 Å². The van der Waals surface area contributed by atoms with Crippen molar-refractivity contribution in [2.75, 3.05) is 6.79 Å². The van der Waals surface area contributed by atoms with Crippen LogP contribution in [0.15, 0.2) is 59.6 Å². The number of benzene rings is 2. The van der Waals surface area contributed by atoms with Crippen LogP contribution in [0.3, 0.4) is 0 Å². The van der Waals surface area contributed by atoms with Crippen LogP contribution in [0, 0.1) is 13.8 Å². The van der Waals surface area contributed by atoms with E-state index < -0.39 is 0 Å². The molecule has 0 saturated carbocycles. The van der Waals surface area contributed by atoms with E-state index in [2.05, 4.69) is 53.7 Å². The summed E-state index contributed by atoms with van der Waals surface area (Å²) >= 11 is 0. The second-order valence-corrected chi connectivity index (χ2v) is 5.79. The molecule has 1 aromatic heterocycles. The van der Waals surface area contributed by atoms with Crippen LogP contribution in [0.5, 0.6) is 11.5 Å². The lowest BCUT2D eigenvalue weighted by atomic mass is 10.2. The Morgan fingerprint density at radius 3 is 2.58 bits per heavy atom. The molecule has 0 radical (unpaired) electrons. The Kier molecular flexibility index (Phi) is 3.58. The monoisotopic (exact) mass is 318 g/mol. The normalized spacial score (nSPS) is 12.9. The molecule has 120 valence electrons. The smallest absolute Gasteiger partial charge is 0.231 e. The molecule has 0 fully saturated rings. The summed E-state index contributed by atoms with van der Waals surface area (Å²) in [6.45, 7) is 4.50. The molecule has 0 spiro atoms. The third kappa shape index (κ3) is 2.56. The second kappa shape index (κ2) is 5.89. The van der Waals surface area contributed by atoms with Gasteiger partial charge in [-0.25, -0.2) is 0 Å². The zero-order chi connectivity index (χ0) is 16.5. The highest BCUT2D eigenvalue weighted by Crippen LogP contribution is 2.35. The highest BCUT2D eigenvalue weighted by atomic mass is 16.7. The lowest BCUT2D eigenvalue weighted by molar-refractivity contribution is 0.174. The van der Waals surface area contributed by atoms with Gasteiger partial charge < -0.3 is 14.0 Å². The van der Waals surface area contributed by atoms with E-state index >= 15 is 0 Å². The first kappa shape index (κ1) is 14.6. The molecule has 1 aliphatic heterocycles. The number of rotatable bonds is 3. The first-order chi connectivity index (χ1) is 11.7. The molecule has 0 unspecified atom stereocenters. The van der Waals surface area contributed by atoms with E-state index in [1.807, 2.05) is 30.5 Å². The topological polar surface area (TPSA) is 35.8 Å². The predicted molar refractivity (Wildman–Crippen MR) is 95.1 cm³/mol. The van der Waals surface area contributed by atoms with Gasteiger partial charge >= 0.3 is 0 Å². The van der Waals surface area contributed by atoms with Crippen molar-refractivity contribution in [2.24, 2.45) is 4.99 Å². The van der Waals surface area contributed by atoms with Crippen molar-refractivity contribution >= 4 is 11.9 Å². The maximum Gasteiger partial charge on any atom is 0.231 e. The van der Waals surface area contributed by atoms with E-state index in [1.54, 1.807) is 0 Å². The van der Waals surface area contributed by atoms with Crippen molar-refractivity contribution in [2.45, 2.75) is 13.8 Å². The lowest BCUT2D eigenvalue weighted by Gasteiger charge is -2.08. The van der Waals surface area contributed by atoms with Gasteiger partial charge in [0.25, 0.3) is 0 Å². The average Bonchev–Trinajstić information content (AvgIpc) is 3.17. The van der Waals surface area contributed by atoms with Gasteiger partial charge in [-0.1, -0.05) is 18.2 Å². The van der Waals surface area contributed by atoms with E-state index in [4.69, 9.17) is 9.47 Å². The number of ether oxygens (including phenoxy) is 2. The number of nitrogens with zero attached hydrogens (tertiary/aromatic N) is 2. The van der Waals surface area contributed by atoms with Gasteiger partial charge in [0.2, 0.25) is 6.79 Å². The minimum absolute atomic E-state index is 0.279. The molecular weight excluding hydrogens is 300 g/mol. The fourth-order valence-electron chi connectivity index (χ4n) is 3.00. The molecule has 4 nitrogen and oxygen atoms in total. The standard InChI is InChI=1S/C20H18N2O2/c1-14-10-16(15(2)22(14)18-6-4-3-5-7-18)12-21-17-8-9-19-20(11-17)24-13-23-19/h3-12H,13H2,1-2H3. The van der Waals surface area contributed by atoms with Crippen molar-refractivity contribution in [1.29, 1.82) is 0 Å². The largest absolute Gasteiger partial charge is 0.454 e. The van der Waals surface area contributed by atoms with Gasteiger partial charge in [0, 0.05) is 34.9 Å². The number of aromatic nitrogens is 1. The van der Waals surface area contributed by atoms with Gasteiger partial charge in [-0.3, -0.25) is 4.99 Å². The summed E-state index contributed by atoms with van der Waals surface area (Å²) in [4.78, 5) is 4.59. The van der Waals surface area contributed by atoms with Gasteiger partial charge in [0.15, 0.2) is 11.5 Å². The second-order valence-electron chi connectivity index (χ2n) is 5.79. The Morgan fingerprint density at radius 2 is 1.75 bits per heavy atom. The molecule has 1 aliphatic rings. The molecule has 4 rings (SSSR count). The molecule has 0 bridgehead atoms. The zero-order valence-corrected chi connectivity index (χ0v) is 13.7. The molecule has 0 saturated heterocycles. The van der Waals surface area contributed by atoms with E-state index in [1.165, 1.54) is 11.4 Å². The van der Waals surface area contributed by atoms with E-state index in [0.29, 0.717) is 0 Å². The molecular formula is C20H18N2O2. The summed E-state index contributed by atoms with van der Waals surface area (Å²) in [5.41, 5.74) is 5.47. The molecule has 0 amide bonds. The molecule has 0 atom stereocenters. The van der Waals surface area contributed by atoms with Crippen LogP contribution in [0.2, 0.25) is 0 Å². The lowest BCUT2D eigenvalue weighted by Crippen LogP contribution is -1.98. The van der Waals surface area contributed by atoms with Crippen molar-refractivity contribution in [1.82, 2.24) is 4.57 Å². The summed E-state index contributed by atoms with van der Waals surface area (Å²) in [7, 11) is 0. The third-order valence-corrected chi connectivity index (χ3v) is 4.19. The van der Waals surface area contributed by atoms with Crippen molar-refractivity contribution in [3.05, 3.63) is 71.5 Å². The Hall–Kier alpha value is -3.01. The maximum absolute atomic E-state index is 5.40. The first-order valence-electron chi connectivity index (χ1n) is 7.90. The Bertz CT molecular complexity index is 911. The minimum Gasteiger partial charge on any atom is -0.454 e. The van der Waals surface area contributed by atoms with Crippen LogP contribution < -0.4 is 9.47 Å². The highest BCUT2D eigenvalue weighted by molar-refractivity contribution is 5.84. The summed E-state index contributed by atoms with van der Waals surface area (Å²) < 4.78 is 13.0. The molecule has 4 heteroatoms. The maximum atomic E-state index is 5.40. The summed E-state index contributed by atoms with van der Waals surface area (Å²) in [5, 5.41) is 0. The fraction of sp³-hybridized carbons (Fsp3) is 0.150. The van der Waals surface area contributed by atoms with Crippen LogP contribution in [-0.2, 0) is 0 Å². The number of hydrogen-bond acceptors (Lipinski definition) is 3. The SMILES string of the molecule is Cc1cc(C=Nc2ccc3c(c2)OCO3)c(C)n1-c1ccccc1. The van der Waals surface area contributed by atoms with Crippen molar-refractivity contribution in [3.63, 3.8) is 0 Å². The van der Waals surface area contributed by atoms with Gasteiger partial charge in [-0.15, -0.1) is 0 Å². The Morgan fingerprint density at radius 1 is 0.958 bits per heavy atom. The summed E-state index contributed by atoms with van der Waals surface area (Å²) in [5.74, 6) is 1.52. The van der Waals surface area contributed by atoms with Gasteiger partial charge in [0.1, 0.15) is 0 Å². The molecule has 3 aromatic rings. The number of hydrogen-bond donors (Lipinski definition) is 0. The molecule has 0 aliphatic carbocycles. The quantitative estimate of drug-likeness (QED) is 0.663. The molecule has 2 aromatic carbocycles. The van der Waals surface area contributed by atoms with Crippen LogP contribution in [0.4, 0.5) is 5.69 Å². The highest BCUT2D eigenvalue weighted by Gasteiger charge is 2.13. The number of aryl methyl sites for hydroxylation is 1. The van der Waals surface area contributed by atoms with Gasteiger partial charge in [-0.05, 0) is 44.2 Å². The molecule has 24 heavy (non-hydrogen) atoms. The van der Waals surface area contributed by atoms with Gasteiger partial charge in [-0.2, -0.15) is 0 Å². The summed E-state index contributed by atoms with van der Waals surface area (Å²) in [6.07, 6.45) is 1.90. The van der Waals surface area contributed by atoms with Gasteiger partial charge in [0.05, 0.1) is 5.69 Å². The minimum atomic E-state index is 0.279. The number of fused-ring (bicyclic) bond motifs is 1.